The minimum atomic E-state index is 0.194. The van der Waals surface area contributed by atoms with E-state index in [9.17, 15) is 9.59 Å². The fraction of sp³-hybridized carbons (Fsp3) is 0.500. The Balaban J connectivity index is 1.54. The molecule has 2 aliphatic rings. The largest absolute Gasteiger partial charge is 0.336 e. The van der Waals surface area contributed by atoms with Gasteiger partial charge in [-0.25, -0.2) is 0 Å². The van der Waals surface area contributed by atoms with Crippen molar-refractivity contribution in [1.29, 1.82) is 0 Å². The predicted molar refractivity (Wildman–Crippen MR) is 76.2 cm³/mol. The number of hydrogen-bond acceptors (Lipinski definition) is 2. The number of carbonyl (C=O) groups is 2. The van der Waals surface area contributed by atoms with E-state index in [1.165, 1.54) is 0 Å². The van der Waals surface area contributed by atoms with E-state index in [1.54, 1.807) is 0 Å². The second-order valence-corrected chi connectivity index (χ2v) is 5.96. The Bertz CT molecular complexity index is 489. The van der Waals surface area contributed by atoms with E-state index >= 15 is 0 Å². The minimum Gasteiger partial charge on any atom is -0.336 e. The number of nitrogens with zero attached hydrogens (tertiary/aromatic N) is 2. The molecule has 0 bridgehead atoms. The molecule has 0 saturated carbocycles. The lowest BCUT2D eigenvalue weighted by Crippen LogP contribution is -2.16. The van der Waals surface area contributed by atoms with Gasteiger partial charge < -0.3 is 9.80 Å². The number of hydrogen-bond donors (Lipinski definition) is 0. The lowest BCUT2D eigenvalue weighted by Gasteiger charge is -2.06. The summed E-state index contributed by atoms with van der Waals surface area (Å²) < 4.78 is 0. The van der Waals surface area contributed by atoms with Crippen LogP contribution in [0.15, 0.2) is 24.3 Å². The van der Waals surface area contributed by atoms with Crippen molar-refractivity contribution in [2.24, 2.45) is 0 Å². The van der Waals surface area contributed by atoms with Gasteiger partial charge in [0.05, 0.1) is 12.8 Å². The molecule has 20 heavy (non-hydrogen) atoms. The van der Waals surface area contributed by atoms with E-state index in [2.05, 4.69) is 13.8 Å². The fourth-order valence-corrected chi connectivity index (χ4v) is 2.50. The zero-order valence-corrected chi connectivity index (χ0v) is 12.0. The van der Waals surface area contributed by atoms with Gasteiger partial charge in [-0.3, -0.25) is 9.59 Å². The van der Waals surface area contributed by atoms with Gasteiger partial charge in [0.15, 0.2) is 0 Å². The molecule has 2 saturated heterocycles. The summed E-state index contributed by atoms with van der Waals surface area (Å²) >= 11 is 0. The lowest BCUT2D eigenvalue weighted by molar-refractivity contribution is -0.126. The van der Waals surface area contributed by atoms with Crippen LogP contribution in [0.3, 0.4) is 0 Å². The van der Waals surface area contributed by atoms with Crippen molar-refractivity contribution in [3.8, 4) is 0 Å². The molecule has 0 aromatic heterocycles. The molecule has 4 nitrogen and oxygen atoms in total. The van der Waals surface area contributed by atoms with Crippen LogP contribution < -0.4 is 0 Å². The van der Waals surface area contributed by atoms with Gasteiger partial charge in [-0.2, -0.15) is 0 Å². The van der Waals surface area contributed by atoms with Crippen LogP contribution in [-0.4, -0.2) is 46.8 Å². The quantitative estimate of drug-likeness (QED) is 0.774. The van der Waals surface area contributed by atoms with Crippen LogP contribution in [0.4, 0.5) is 0 Å². The van der Waals surface area contributed by atoms with E-state index in [0.29, 0.717) is 24.9 Å². The Morgan fingerprint density at radius 1 is 0.900 bits per heavy atom. The van der Waals surface area contributed by atoms with Crippen molar-refractivity contribution >= 4 is 11.8 Å². The third kappa shape index (κ3) is 2.84. The van der Waals surface area contributed by atoms with E-state index < -0.39 is 0 Å². The first-order valence-corrected chi connectivity index (χ1v) is 7.21. The second kappa shape index (κ2) is 4.93. The molecule has 4 heteroatoms. The maximum atomic E-state index is 11.8. The van der Waals surface area contributed by atoms with Gasteiger partial charge in [0.2, 0.25) is 11.8 Å². The Hall–Kier alpha value is -1.84. The second-order valence-electron chi connectivity index (χ2n) is 5.96. The molecule has 2 amide bonds. The molecule has 0 radical (unpaired) electrons. The van der Waals surface area contributed by atoms with Crippen LogP contribution in [0, 0.1) is 0 Å². The van der Waals surface area contributed by atoms with E-state index in [0.717, 1.165) is 24.2 Å². The summed E-state index contributed by atoms with van der Waals surface area (Å²) in [6.45, 7) is 5.89. The van der Waals surface area contributed by atoms with Crippen molar-refractivity contribution < 1.29 is 9.59 Å². The van der Waals surface area contributed by atoms with Crippen molar-refractivity contribution in [2.75, 3.05) is 13.1 Å². The smallest absolute Gasteiger partial charge is 0.227 e. The third-order valence-corrected chi connectivity index (χ3v) is 4.09. The maximum Gasteiger partial charge on any atom is 0.227 e. The molecule has 2 aliphatic heterocycles. The molecule has 2 fully saturated rings. The van der Waals surface area contributed by atoms with Crippen LogP contribution in [0.25, 0.3) is 0 Å². The minimum absolute atomic E-state index is 0.194. The average Bonchev–Trinajstić information content (AvgIpc) is 3.30. The molecular formula is C16H20N2O2. The van der Waals surface area contributed by atoms with Crippen molar-refractivity contribution in [3.05, 3.63) is 35.4 Å². The highest BCUT2D eigenvalue weighted by molar-refractivity contribution is 5.82. The summed E-state index contributed by atoms with van der Waals surface area (Å²) in [6.07, 6.45) is 0.920. The summed E-state index contributed by atoms with van der Waals surface area (Å²) in [7, 11) is 0. The van der Waals surface area contributed by atoms with Crippen molar-refractivity contribution in [3.63, 3.8) is 0 Å². The molecule has 1 aromatic rings. The molecule has 106 valence electrons. The molecule has 0 aliphatic carbocycles. The molecule has 2 heterocycles. The normalized spacial score (nSPS) is 23.7. The fourth-order valence-electron chi connectivity index (χ4n) is 2.50. The predicted octanol–water partition coefficient (Wildman–Crippen LogP) is 1.23. The van der Waals surface area contributed by atoms with Crippen molar-refractivity contribution in [1.82, 2.24) is 9.80 Å². The van der Waals surface area contributed by atoms with Gasteiger partial charge in [0.1, 0.15) is 0 Å². The van der Waals surface area contributed by atoms with Gasteiger partial charge >= 0.3 is 0 Å². The Morgan fingerprint density at radius 2 is 1.20 bits per heavy atom. The zero-order valence-electron chi connectivity index (χ0n) is 12.0. The van der Waals surface area contributed by atoms with Crippen molar-refractivity contribution in [2.45, 2.75) is 38.8 Å². The highest BCUT2D eigenvalue weighted by atomic mass is 16.2. The highest BCUT2D eigenvalue weighted by Gasteiger charge is 2.34. The van der Waals surface area contributed by atoms with Gasteiger partial charge in [-0.1, -0.05) is 24.3 Å². The van der Waals surface area contributed by atoms with Crippen LogP contribution in [0.1, 0.15) is 25.0 Å². The van der Waals surface area contributed by atoms with Gasteiger partial charge in [-0.15, -0.1) is 0 Å². The van der Waals surface area contributed by atoms with E-state index in [-0.39, 0.29) is 11.8 Å². The zero-order chi connectivity index (χ0) is 14.3. The number of rotatable bonds is 4. The molecule has 2 atom stereocenters. The third-order valence-electron chi connectivity index (χ3n) is 4.09. The number of carbonyl (C=O) groups excluding carboxylic acids is 2. The molecule has 3 rings (SSSR count). The first kappa shape index (κ1) is 13.2. The topological polar surface area (TPSA) is 40.2 Å². The molecule has 0 N–H and O–H groups in total. The summed E-state index contributed by atoms with van der Waals surface area (Å²) in [5.74, 6) is 0.387. The molecule has 0 unspecified atom stereocenters. The maximum absolute atomic E-state index is 11.8. The highest BCUT2D eigenvalue weighted by Crippen LogP contribution is 2.20. The Labute approximate surface area is 119 Å². The summed E-state index contributed by atoms with van der Waals surface area (Å²) in [5.41, 5.74) is 2.04. The van der Waals surface area contributed by atoms with Crippen LogP contribution in [0.5, 0.6) is 0 Å². The number of amides is 2. The van der Waals surface area contributed by atoms with E-state index in [1.807, 2.05) is 34.1 Å². The molecular weight excluding hydrogens is 252 g/mol. The Morgan fingerprint density at radius 3 is 1.45 bits per heavy atom. The van der Waals surface area contributed by atoms with Gasteiger partial charge in [0.25, 0.3) is 0 Å². The lowest BCUT2D eigenvalue weighted by atomic mass is 10.1. The number of benzene rings is 1. The molecule has 1 aromatic carbocycles. The first-order chi connectivity index (χ1) is 9.54. The van der Waals surface area contributed by atoms with Gasteiger partial charge in [0, 0.05) is 25.2 Å². The van der Waals surface area contributed by atoms with Crippen LogP contribution >= 0.6 is 0 Å². The first-order valence-electron chi connectivity index (χ1n) is 7.21. The van der Waals surface area contributed by atoms with Gasteiger partial charge in [-0.05, 0) is 25.0 Å². The summed E-state index contributed by atoms with van der Waals surface area (Å²) in [5, 5.41) is 0. The van der Waals surface area contributed by atoms with Crippen LogP contribution in [-0.2, 0) is 22.4 Å². The summed E-state index contributed by atoms with van der Waals surface area (Å²) in [4.78, 5) is 27.4. The standard InChI is InChI=1S/C16H20N2O2/c1-11-9-17(11)15(19)7-13-3-5-14(6-4-13)8-16(20)18-10-12(18)2/h3-6,11-12H,7-10H2,1-2H3/t11-,12+,17?,18?. The molecule has 0 spiro atoms. The Kier molecular flexibility index (Phi) is 3.24. The summed E-state index contributed by atoms with van der Waals surface area (Å²) in [6, 6.07) is 8.66. The SMILES string of the molecule is C[C@@H]1CN1C(=O)Cc1ccc(CC(=O)N2C[C@@H]2C)cc1. The van der Waals surface area contributed by atoms with Crippen LogP contribution in [0.2, 0.25) is 0 Å². The monoisotopic (exact) mass is 272 g/mol. The van der Waals surface area contributed by atoms with E-state index in [4.69, 9.17) is 0 Å². The average molecular weight is 272 g/mol.